The van der Waals surface area contributed by atoms with E-state index >= 15 is 0 Å². The van der Waals surface area contributed by atoms with Crippen molar-refractivity contribution >= 4 is 23.5 Å². The molecule has 1 rings (SSSR count). The van der Waals surface area contributed by atoms with E-state index in [-0.39, 0.29) is 10.6 Å². The van der Waals surface area contributed by atoms with Crippen LogP contribution in [-0.4, -0.2) is 31.2 Å². The van der Waals surface area contributed by atoms with Crippen LogP contribution in [0.4, 0.5) is 0 Å². The average molecular weight is 344 g/mol. The second-order valence-corrected chi connectivity index (χ2v) is 5.28. The Morgan fingerprint density at radius 3 is 2.52 bits per heavy atom. The van der Waals surface area contributed by atoms with Gasteiger partial charge in [-0.2, -0.15) is 0 Å². The SMILES string of the molecule is CCCCOc1c(Cl)cc(C(=O)O[C@H](C)C(N)=O)cc1OCC. The lowest BCUT2D eigenvalue weighted by Crippen LogP contribution is -2.30. The number of rotatable bonds is 9. The number of esters is 1. The zero-order valence-corrected chi connectivity index (χ0v) is 14.3. The van der Waals surface area contributed by atoms with Gasteiger partial charge >= 0.3 is 5.97 Å². The predicted octanol–water partition coefficient (Wildman–Crippen LogP) is 2.95. The number of benzene rings is 1. The number of unbranched alkanes of at least 4 members (excludes halogenated alkanes) is 1. The second-order valence-electron chi connectivity index (χ2n) is 4.87. The number of hydrogen-bond donors (Lipinski definition) is 1. The summed E-state index contributed by atoms with van der Waals surface area (Å²) in [6.45, 7) is 6.14. The van der Waals surface area contributed by atoms with Crippen molar-refractivity contribution in [3.8, 4) is 11.5 Å². The minimum atomic E-state index is -1.03. The van der Waals surface area contributed by atoms with Crippen molar-refractivity contribution in [3.63, 3.8) is 0 Å². The molecule has 0 spiro atoms. The van der Waals surface area contributed by atoms with E-state index in [4.69, 9.17) is 31.5 Å². The lowest BCUT2D eigenvalue weighted by molar-refractivity contribution is -0.125. The van der Waals surface area contributed by atoms with Crippen LogP contribution in [0.2, 0.25) is 5.02 Å². The Bertz CT molecular complexity index is 562. The van der Waals surface area contributed by atoms with Crippen LogP contribution in [-0.2, 0) is 9.53 Å². The van der Waals surface area contributed by atoms with Gasteiger partial charge in [0.2, 0.25) is 0 Å². The average Bonchev–Trinajstić information content (AvgIpc) is 2.49. The van der Waals surface area contributed by atoms with Crippen LogP contribution in [0.3, 0.4) is 0 Å². The van der Waals surface area contributed by atoms with Gasteiger partial charge in [0.15, 0.2) is 17.6 Å². The summed E-state index contributed by atoms with van der Waals surface area (Å²) < 4.78 is 16.1. The minimum Gasteiger partial charge on any atom is -0.490 e. The molecule has 1 aromatic rings. The molecule has 0 aliphatic heterocycles. The van der Waals surface area contributed by atoms with Gasteiger partial charge in [0.05, 0.1) is 23.8 Å². The normalized spacial score (nSPS) is 11.7. The van der Waals surface area contributed by atoms with E-state index < -0.39 is 18.0 Å². The number of amides is 1. The van der Waals surface area contributed by atoms with Gasteiger partial charge in [0.1, 0.15) is 0 Å². The highest BCUT2D eigenvalue weighted by atomic mass is 35.5. The maximum absolute atomic E-state index is 12.1. The summed E-state index contributed by atoms with van der Waals surface area (Å²) in [5.74, 6) is -0.690. The summed E-state index contributed by atoms with van der Waals surface area (Å²) >= 11 is 6.19. The van der Waals surface area contributed by atoms with Crippen molar-refractivity contribution in [2.24, 2.45) is 5.73 Å². The fourth-order valence-corrected chi connectivity index (χ4v) is 1.96. The largest absolute Gasteiger partial charge is 0.490 e. The molecule has 0 unspecified atom stereocenters. The third-order valence-electron chi connectivity index (χ3n) is 2.97. The van der Waals surface area contributed by atoms with E-state index in [0.29, 0.717) is 24.7 Å². The smallest absolute Gasteiger partial charge is 0.339 e. The summed E-state index contributed by atoms with van der Waals surface area (Å²) in [6.07, 6.45) is 0.830. The molecule has 0 aliphatic rings. The molecule has 23 heavy (non-hydrogen) atoms. The van der Waals surface area contributed by atoms with Crippen LogP contribution in [0.1, 0.15) is 44.0 Å². The van der Waals surface area contributed by atoms with Crippen molar-refractivity contribution in [1.29, 1.82) is 0 Å². The first-order valence-electron chi connectivity index (χ1n) is 7.50. The van der Waals surface area contributed by atoms with Gasteiger partial charge in [-0.15, -0.1) is 0 Å². The molecule has 7 heteroatoms. The van der Waals surface area contributed by atoms with Gasteiger partial charge in [-0.05, 0) is 32.4 Å². The quantitative estimate of drug-likeness (QED) is 0.550. The number of nitrogens with two attached hydrogens (primary N) is 1. The van der Waals surface area contributed by atoms with Crippen molar-refractivity contribution in [2.75, 3.05) is 13.2 Å². The number of primary amides is 1. The van der Waals surface area contributed by atoms with Crippen LogP contribution in [0.25, 0.3) is 0 Å². The topological polar surface area (TPSA) is 87.9 Å². The number of carbonyl (C=O) groups excluding carboxylic acids is 2. The van der Waals surface area contributed by atoms with Crippen LogP contribution in [0.15, 0.2) is 12.1 Å². The maximum Gasteiger partial charge on any atom is 0.339 e. The first-order valence-corrected chi connectivity index (χ1v) is 7.87. The standard InChI is InChI=1S/C16H22ClNO5/c1-4-6-7-22-14-12(17)8-11(9-13(14)21-5-2)16(20)23-10(3)15(18)19/h8-10H,4-7H2,1-3H3,(H2,18,19)/t10-/m1/s1. The summed E-state index contributed by atoms with van der Waals surface area (Å²) in [7, 11) is 0. The number of carbonyl (C=O) groups is 2. The Balaban J connectivity index is 3.02. The number of ether oxygens (including phenoxy) is 3. The van der Waals surface area contributed by atoms with Crippen molar-refractivity contribution in [3.05, 3.63) is 22.7 Å². The lowest BCUT2D eigenvalue weighted by Gasteiger charge is -2.15. The third-order valence-corrected chi connectivity index (χ3v) is 3.25. The van der Waals surface area contributed by atoms with E-state index in [0.717, 1.165) is 12.8 Å². The van der Waals surface area contributed by atoms with Gasteiger partial charge in [0, 0.05) is 0 Å². The van der Waals surface area contributed by atoms with Gasteiger partial charge < -0.3 is 19.9 Å². The highest BCUT2D eigenvalue weighted by Gasteiger charge is 2.20. The molecule has 0 heterocycles. The first kappa shape index (κ1) is 19.1. The molecular weight excluding hydrogens is 322 g/mol. The van der Waals surface area contributed by atoms with Gasteiger partial charge in [-0.1, -0.05) is 24.9 Å². The van der Waals surface area contributed by atoms with Gasteiger partial charge in [0.25, 0.3) is 5.91 Å². The zero-order valence-electron chi connectivity index (χ0n) is 13.6. The molecule has 0 aromatic heterocycles. The van der Waals surface area contributed by atoms with E-state index in [2.05, 4.69) is 0 Å². The molecule has 6 nitrogen and oxygen atoms in total. The van der Waals surface area contributed by atoms with Gasteiger partial charge in [-0.3, -0.25) is 4.79 Å². The molecule has 0 saturated carbocycles. The first-order chi connectivity index (χ1) is 10.9. The molecule has 128 valence electrons. The summed E-state index contributed by atoms with van der Waals surface area (Å²) in [5.41, 5.74) is 5.24. The third kappa shape index (κ3) is 5.63. The molecule has 1 aromatic carbocycles. The molecular formula is C16H22ClNO5. The van der Waals surface area contributed by atoms with Crippen LogP contribution in [0, 0.1) is 0 Å². The molecule has 1 atom stereocenters. The maximum atomic E-state index is 12.1. The minimum absolute atomic E-state index is 0.161. The Kier molecular flexibility index (Phi) is 7.68. The second kappa shape index (κ2) is 9.25. The monoisotopic (exact) mass is 343 g/mol. The number of hydrogen-bond acceptors (Lipinski definition) is 5. The van der Waals surface area contributed by atoms with Crippen molar-refractivity contribution < 1.29 is 23.8 Å². The van der Waals surface area contributed by atoms with E-state index in [1.165, 1.54) is 19.1 Å². The fraction of sp³-hybridized carbons (Fsp3) is 0.500. The Hall–Kier alpha value is -1.95. The molecule has 0 fully saturated rings. The predicted molar refractivity (Wildman–Crippen MR) is 87.1 cm³/mol. The molecule has 2 N–H and O–H groups in total. The molecule has 0 saturated heterocycles. The summed E-state index contributed by atoms with van der Waals surface area (Å²) in [6, 6.07) is 2.90. The Morgan fingerprint density at radius 2 is 1.96 bits per heavy atom. The Labute approximate surface area is 140 Å². The van der Waals surface area contributed by atoms with Crippen molar-refractivity contribution in [2.45, 2.75) is 39.7 Å². The summed E-state index contributed by atoms with van der Waals surface area (Å²) in [5, 5.41) is 0.241. The lowest BCUT2D eigenvalue weighted by atomic mass is 10.2. The zero-order chi connectivity index (χ0) is 17.4. The molecule has 1 amide bonds. The van der Waals surface area contributed by atoms with Crippen LogP contribution in [0.5, 0.6) is 11.5 Å². The Morgan fingerprint density at radius 1 is 1.26 bits per heavy atom. The van der Waals surface area contributed by atoms with E-state index in [9.17, 15) is 9.59 Å². The highest BCUT2D eigenvalue weighted by Crippen LogP contribution is 2.37. The van der Waals surface area contributed by atoms with Crippen LogP contribution < -0.4 is 15.2 Å². The van der Waals surface area contributed by atoms with Gasteiger partial charge in [-0.25, -0.2) is 4.79 Å². The van der Waals surface area contributed by atoms with E-state index in [1.54, 1.807) is 0 Å². The summed E-state index contributed by atoms with van der Waals surface area (Å²) in [4.78, 5) is 23.0. The molecule has 0 radical (unpaired) electrons. The highest BCUT2D eigenvalue weighted by molar-refractivity contribution is 6.32. The molecule has 0 bridgehead atoms. The number of halogens is 1. The molecule has 0 aliphatic carbocycles. The van der Waals surface area contributed by atoms with Crippen LogP contribution >= 0.6 is 11.6 Å². The van der Waals surface area contributed by atoms with Crippen molar-refractivity contribution in [1.82, 2.24) is 0 Å². The van der Waals surface area contributed by atoms with E-state index in [1.807, 2.05) is 13.8 Å². The fourth-order valence-electron chi connectivity index (χ4n) is 1.69.